The van der Waals surface area contributed by atoms with Crippen molar-refractivity contribution >= 4 is 22.9 Å². The zero-order valence-electron chi connectivity index (χ0n) is 15.7. The van der Waals surface area contributed by atoms with Gasteiger partial charge < -0.3 is 9.12 Å². The Morgan fingerprint density at radius 2 is 2.14 bits per heavy atom. The molecule has 7 nitrogen and oxygen atoms in total. The standard InChI is InChI=1S/C19H20N6OS2/c1-3-4-8-28(26)13-27-19-15(9-20)17(16-11-22-12-25(16)2)23-18(24-19)14-6-5-7-21-10-14/h5-7,10-12H,3-4,8,13H2,1-2H3. The van der Waals surface area contributed by atoms with Crippen LogP contribution in [0.15, 0.2) is 42.1 Å². The van der Waals surface area contributed by atoms with Gasteiger partial charge in [-0.2, -0.15) is 5.26 Å². The molecule has 0 fully saturated rings. The zero-order chi connectivity index (χ0) is 19.9. The van der Waals surface area contributed by atoms with Crippen molar-refractivity contribution in [3.8, 4) is 28.8 Å². The Morgan fingerprint density at radius 3 is 2.79 bits per heavy atom. The molecule has 0 saturated heterocycles. The predicted octanol–water partition coefficient (Wildman–Crippen LogP) is 3.41. The summed E-state index contributed by atoms with van der Waals surface area (Å²) in [5, 5.41) is 10.7. The molecule has 3 aromatic heterocycles. The van der Waals surface area contributed by atoms with Crippen LogP contribution in [0, 0.1) is 11.3 Å². The quantitative estimate of drug-likeness (QED) is 0.317. The Labute approximate surface area is 171 Å². The van der Waals surface area contributed by atoms with Crippen molar-refractivity contribution in [3.63, 3.8) is 0 Å². The molecule has 0 N–H and O–H groups in total. The maximum absolute atomic E-state index is 12.2. The second kappa shape index (κ2) is 9.68. The first-order chi connectivity index (χ1) is 13.6. The van der Waals surface area contributed by atoms with Crippen LogP contribution in [0.1, 0.15) is 25.3 Å². The molecule has 3 aromatic rings. The van der Waals surface area contributed by atoms with Gasteiger partial charge in [0.05, 0.1) is 18.2 Å². The van der Waals surface area contributed by atoms with Crippen molar-refractivity contribution in [3.05, 3.63) is 42.6 Å². The highest BCUT2D eigenvalue weighted by molar-refractivity contribution is 8.12. The average molecular weight is 413 g/mol. The van der Waals surface area contributed by atoms with E-state index in [0.717, 1.165) is 24.1 Å². The number of pyridine rings is 1. The molecule has 0 aliphatic heterocycles. The molecule has 1 unspecified atom stereocenters. The monoisotopic (exact) mass is 412 g/mol. The smallest absolute Gasteiger partial charge is 0.162 e. The normalized spacial score (nSPS) is 11.9. The van der Waals surface area contributed by atoms with Gasteiger partial charge in [0, 0.05) is 25.0 Å². The van der Waals surface area contributed by atoms with Crippen LogP contribution < -0.4 is 0 Å². The summed E-state index contributed by atoms with van der Waals surface area (Å²) >= 11 is 0.366. The summed E-state index contributed by atoms with van der Waals surface area (Å²) in [6.45, 7) is 2.07. The molecule has 0 aromatic carbocycles. The maximum atomic E-state index is 12.2. The summed E-state index contributed by atoms with van der Waals surface area (Å²) in [7, 11) is 1.85. The topological polar surface area (TPSA) is 103 Å². The molecule has 3 rings (SSSR count). The van der Waals surface area contributed by atoms with Gasteiger partial charge in [-0.05, 0) is 29.7 Å². The van der Waals surface area contributed by atoms with Crippen molar-refractivity contribution in [2.75, 3.05) is 10.8 Å². The highest BCUT2D eigenvalue weighted by Crippen LogP contribution is 2.31. The highest BCUT2D eigenvalue weighted by Gasteiger charge is 2.21. The molecule has 0 radical (unpaired) electrons. The Balaban J connectivity index is 2.04. The molecule has 3 heterocycles. The zero-order valence-corrected chi connectivity index (χ0v) is 17.3. The number of nitrogens with zero attached hydrogens (tertiary/aromatic N) is 6. The van der Waals surface area contributed by atoms with Crippen molar-refractivity contribution in [2.45, 2.75) is 24.8 Å². The molecule has 28 heavy (non-hydrogen) atoms. The van der Waals surface area contributed by atoms with Gasteiger partial charge in [0.15, 0.2) is 10.9 Å². The molecule has 9 heteroatoms. The summed E-state index contributed by atoms with van der Waals surface area (Å²) in [6, 6.07) is 5.91. The third-order valence-corrected chi connectivity index (χ3v) is 6.86. The fourth-order valence-corrected chi connectivity index (χ4v) is 5.02. The van der Waals surface area contributed by atoms with Crippen LogP contribution in [0.4, 0.5) is 0 Å². The fraction of sp³-hybridized carbons (Fsp3) is 0.316. The molecule has 0 spiro atoms. The van der Waals surface area contributed by atoms with Crippen molar-refractivity contribution in [1.82, 2.24) is 24.5 Å². The second-order valence-corrected chi connectivity index (χ2v) is 8.99. The van der Waals surface area contributed by atoms with E-state index in [1.807, 2.05) is 23.7 Å². The minimum Gasteiger partial charge on any atom is -0.616 e. The van der Waals surface area contributed by atoms with Crippen molar-refractivity contribution in [2.24, 2.45) is 7.05 Å². The van der Waals surface area contributed by atoms with Crippen LogP contribution >= 0.6 is 11.8 Å². The number of aromatic nitrogens is 5. The van der Waals surface area contributed by atoms with Gasteiger partial charge in [-0.1, -0.05) is 25.1 Å². The van der Waals surface area contributed by atoms with Gasteiger partial charge in [-0.15, -0.1) is 0 Å². The number of rotatable bonds is 8. The predicted molar refractivity (Wildman–Crippen MR) is 111 cm³/mol. The lowest BCUT2D eigenvalue weighted by Crippen LogP contribution is -2.10. The lowest BCUT2D eigenvalue weighted by Gasteiger charge is -2.13. The van der Waals surface area contributed by atoms with Crippen LogP contribution in [-0.2, 0) is 18.2 Å². The molecule has 0 aliphatic carbocycles. The molecule has 0 bridgehead atoms. The van der Waals surface area contributed by atoms with E-state index in [2.05, 4.69) is 32.9 Å². The van der Waals surface area contributed by atoms with Crippen LogP contribution in [0.25, 0.3) is 22.8 Å². The van der Waals surface area contributed by atoms with Crippen LogP contribution in [0.3, 0.4) is 0 Å². The van der Waals surface area contributed by atoms with Gasteiger partial charge in [0.2, 0.25) is 0 Å². The van der Waals surface area contributed by atoms with E-state index in [9.17, 15) is 9.81 Å². The van der Waals surface area contributed by atoms with Crippen LogP contribution in [-0.4, -0.2) is 39.9 Å². The lowest BCUT2D eigenvalue weighted by atomic mass is 10.2. The first-order valence-electron chi connectivity index (χ1n) is 8.81. The number of hydrogen-bond acceptors (Lipinski definition) is 7. The third kappa shape index (κ3) is 4.70. The summed E-state index contributed by atoms with van der Waals surface area (Å²) in [5.74, 6) is 1.13. The van der Waals surface area contributed by atoms with E-state index < -0.39 is 11.2 Å². The molecule has 1 atom stereocenters. The summed E-state index contributed by atoms with van der Waals surface area (Å²) in [4.78, 5) is 17.5. The van der Waals surface area contributed by atoms with Gasteiger partial charge in [-0.3, -0.25) is 4.98 Å². The Bertz CT molecular complexity index is 970. The highest BCUT2D eigenvalue weighted by atomic mass is 32.3. The summed E-state index contributed by atoms with van der Waals surface area (Å²) < 4.78 is 14.0. The molecular weight excluding hydrogens is 392 g/mol. The number of nitriles is 1. The Morgan fingerprint density at radius 1 is 1.29 bits per heavy atom. The second-order valence-electron chi connectivity index (χ2n) is 6.08. The molecule has 144 valence electrons. The van der Waals surface area contributed by atoms with Crippen molar-refractivity contribution < 1.29 is 4.55 Å². The number of thioether (sulfide) groups is 1. The Hall–Kier alpha value is -2.41. The van der Waals surface area contributed by atoms with Crippen LogP contribution in [0.2, 0.25) is 0 Å². The number of imidazole rings is 1. The molecule has 0 saturated carbocycles. The first-order valence-corrected chi connectivity index (χ1v) is 11.3. The van der Waals surface area contributed by atoms with E-state index >= 15 is 0 Å². The van der Waals surface area contributed by atoms with Gasteiger partial charge in [0.1, 0.15) is 28.1 Å². The lowest BCUT2D eigenvalue weighted by molar-refractivity contribution is 0.596. The summed E-state index contributed by atoms with van der Waals surface area (Å²) in [6.07, 6.45) is 8.62. The Kier molecular flexibility index (Phi) is 7.03. The van der Waals surface area contributed by atoms with Gasteiger partial charge in [-0.25, -0.2) is 15.0 Å². The average Bonchev–Trinajstić information content (AvgIpc) is 3.16. The minimum absolute atomic E-state index is 0.369. The SMILES string of the molecule is CCCC[S+]([O-])CSc1nc(-c2cccnc2)nc(-c2cncn2C)c1C#N. The molecular formula is C19H20N6OS2. The van der Waals surface area contributed by atoms with E-state index in [1.54, 1.807) is 24.9 Å². The van der Waals surface area contributed by atoms with E-state index in [1.165, 1.54) is 11.8 Å². The van der Waals surface area contributed by atoms with Crippen molar-refractivity contribution in [1.29, 1.82) is 5.26 Å². The number of aryl methyl sites for hydroxylation is 1. The largest absolute Gasteiger partial charge is 0.616 e. The maximum Gasteiger partial charge on any atom is 0.162 e. The van der Waals surface area contributed by atoms with Crippen LogP contribution in [0.5, 0.6) is 0 Å². The van der Waals surface area contributed by atoms with E-state index in [4.69, 9.17) is 0 Å². The number of hydrogen-bond donors (Lipinski definition) is 0. The van der Waals surface area contributed by atoms with E-state index in [-0.39, 0.29) is 0 Å². The number of unbranched alkanes of at least 4 members (excludes halogenated alkanes) is 1. The van der Waals surface area contributed by atoms with Gasteiger partial charge in [0.25, 0.3) is 0 Å². The fourth-order valence-electron chi connectivity index (χ4n) is 2.53. The summed E-state index contributed by atoms with van der Waals surface area (Å²) in [5.41, 5.74) is 2.36. The first kappa shape index (κ1) is 20.3. The van der Waals surface area contributed by atoms with Gasteiger partial charge >= 0.3 is 0 Å². The van der Waals surface area contributed by atoms with E-state index in [0.29, 0.717) is 32.9 Å². The molecule has 0 amide bonds. The third-order valence-electron chi connectivity index (χ3n) is 4.02. The minimum atomic E-state index is -0.966. The molecule has 0 aliphatic rings.